The van der Waals surface area contributed by atoms with Crippen LogP contribution in [0.5, 0.6) is 0 Å². The van der Waals surface area contributed by atoms with Gasteiger partial charge in [-0.25, -0.2) is 0 Å². The van der Waals surface area contributed by atoms with Crippen molar-refractivity contribution < 1.29 is 0 Å². The number of halogens is 2. The molecule has 106 valence electrons. The molecule has 19 heavy (non-hydrogen) atoms. The lowest BCUT2D eigenvalue weighted by Crippen LogP contribution is -2.50. The number of rotatable bonds is 4. The van der Waals surface area contributed by atoms with Gasteiger partial charge in [-0.05, 0) is 30.0 Å². The second-order valence-corrected chi connectivity index (χ2v) is 6.60. The normalized spacial score (nSPS) is 21.0. The van der Waals surface area contributed by atoms with Gasteiger partial charge in [0.05, 0.1) is 0 Å². The molecule has 0 saturated carbocycles. The minimum Gasteiger partial charge on any atom is -0.311 e. The van der Waals surface area contributed by atoms with E-state index in [9.17, 15) is 0 Å². The fourth-order valence-corrected chi connectivity index (χ4v) is 3.12. The molecule has 2 rings (SSSR count). The number of piperazine rings is 1. The molecule has 1 heterocycles. The maximum absolute atomic E-state index is 6.24. The lowest BCUT2D eigenvalue weighted by Gasteiger charge is -2.34. The Morgan fingerprint density at radius 2 is 2.16 bits per heavy atom. The van der Waals surface area contributed by atoms with Crippen LogP contribution in [0.2, 0.25) is 10.0 Å². The van der Waals surface area contributed by atoms with Crippen LogP contribution in [-0.2, 0) is 6.54 Å². The Morgan fingerprint density at radius 3 is 2.84 bits per heavy atom. The van der Waals surface area contributed by atoms with Crippen molar-refractivity contribution in [3.63, 3.8) is 0 Å². The zero-order chi connectivity index (χ0) is 13.8. The molecular weight excluding hydrogens is 279 g/mol. The Kier molecular flexibility index (Phi) is 5.52. The Balaban J connectivity index is 1.94. The summed E-state index contributed by atoms with van der Waals surface area (Å²) in [5.74, 6) is 0.733. The first kappa shape index (κ1) is 15.1. The monoisotopic (exact) mass is 300 g/mol. The third-order valence-corrected chi connectivity index (χ3v) is 4.09. The fraction of sp³-hybridized carbons (Fsp3) is 0.600. The number of nitrogens with zero attached hydrogens (tertiary/aromatic N) is 1. The Hall–Kier alpha value is -0.280. The number of nitrogens with one attached hydrogen (secondary N) is 1. The van der Waals surface area contributed by atoms with Crippen LogP contribution >= 0.6 is 23.2 Å². The van der Waals surface area contributed by atoms with Crippen molar-refractivity contribution >= 4 is 23.2 Å². The molecule has 1 saturated heterocycles. The second kappa shape index (κ2) is 6.94. The lowest BCUT2D eigenvalue weighted by atomic mass is 10.0. The highest BCUT2D eigenvalue weighted by Crippen LogP contribution is 2.23. The Labute approximate surface area is 126 Å². The first-order valence-electron chi connectivity index (χ1n) is 6.94. The van der Waals surface area contributed by atoms with Crippen molar-refractivity contribution in [1.29, 1.82) is 0 Å². The van der Waals surface area contributed by atoms with E-state index >= 15 is 0 Å². The largest absolute Gasteiger partial charge is 0.311 e. The fourth-order valence-electron chi connectivity index (χ4n) is 2.66. The molecule has 0 radical (unpaired) electrons. The first-order chi connectivity index (χ1) is 9.04. The molecule has 4 heteroatoms. The Morgan fingerprint density at radius 1 is 1.37 bits per heavy atom. The van der Waals surface area contributed by atoms with Crippen molar-refractivity contribution in [2.75, 3.05) is 19.6 Å². The van der Waals surface area contributed by atoms with Gasteiger partial charge in [-0.1, -0.05) is 43.1 Å². The molecule has 1 aromatic rings. The summed E-state index contributed by atoms with van der Waals surface area (Å²) in [5.41, 5.74) is 1.16. The van der Waals surface area contributed by atoms with E-state index < -0.39 is 0 Å². The van der Waals surface area contributed by atoms with E-state index in [1.54, 1.807) is 0 Å². The molecule has 0 bridgehead atoms. The summed E-state index contributed by atoms with van der Waals surface area (Å²) in [5, 5.41) is 5.06. The van der Waals surface area contributed by atoms with E-state index in [0.717, 1.165) is 42.7 Å². The highest BCUT2D eigenvalue weighted by Gasteiger charge is 2.20. The summed E-state index contributed by atoms with van der Waals surface area (Å²) in [6.07, 6.45) is 1.23. The predicted molar refractivity (Wildman–Crippen MR) is 83.0 cm³/mol. The highest BCUT2D eigenvalue weighted by atomic mass is 35.5. The van der Waals surface area contributed by atoms with E-state index in [2.05, 4.69) is 24.1 Å². The standard InChI is InChI=1S/C15H22Cl2N2/c1-11(2)7-14-10-19(6-5-18-14)9-12-3-4-13(16)8-15(12)17/h3-4,8,11,14,18H,5-7,9-10H2,1-2H3. The SMILES string of the molecule is CC(C)CC1CN(Cc2ccc(Cl)cc2Cl)CCN1. The van der Waals surface area contributed by atoms with Gasteiger partial charge in [-0.3, -0.25) is 4.90 Å². The molecule has 0 spiro atoms. The summed E-state index contributed by atoms with van der Waals surface area (Å²) in [6, 6.07) is 6.37. The van der Waals surface area contributed by atoms with Crippen molar-refractivity contribution in [3.8, 4) is 0 Å². The smallest absolute Gasteiger partial charge is 0.0465 e. The van der Waals surface area contributed by atoms with Gasteiger partial charge in [0.2, 0.25) is 0 Å². The van der Waals surface area contributed by atoms with Gasteiger partial charge < -0.3 is 5.32 Å². The van der Waals surface area contributed by atoms with Crippen molar-refractivity contribution in [1.82, 2.24) is 10.2 Å². The number of hydrogen-bond donors (Lipinski definition) is 1. The molecule has 1 aliphatic heterocycles. The van der Waals surface area contributed by atoms with Crippen LogP contribution in [0.4, 0.5) is 0 Å². The van der Waals surface area contributed by atoms with E-state index in [1.807, 2.05) is 18.2 Å². The van der Waals surface area contributed by atoms with Gasteiger partial charge >= 0.3 is 0 Å². The molecule has 2 nitrogen and oxygen atoms in total. The molecule has 1 atom stereocenters. The summed E-state index contributed by atoms with van der Waals surface area (Å²) < 4.78 is 0. The van der Waals surface area contributed by atoms with Crippen LogP contribution in [-0.4, -0.2) is 30.6 Å². The first-order valence-corrected chi connectivity index (χ1v) is 7.70. The number of benzene rings is 1. The Bertz CT molecular complexity index is 421. The van der Waals surface area contributed by atoms with Crippen LogP contribution in [0.3, 0.4) is 0 Å². The predicted octanol–water partition coefficient (Wildman–Crippen LogP) is 3.81. The average Bonchev–Trinajstić information content (AvgIpc) is 2.32. The summed E-state index contributed by atoms with van der Waals surface area (Å²) in [4.78, 5) is 2.47. The van der Waals surface area contributed by atoms with Gasteiger partial charge in [0.1, 0.15) is 0 Å². The molecule has 0 aromatic heterocycles. The molecule has 1 aromatic carbocycles. The maximum Gasteiger partial charge on any atom is 0.0465 e. The maximum atomic E-state index is 6.24. The molecule has 1 N–H and O–H groups in total. The zero-order valence-corrected chi connectivity index (χ0v) is 13.1. The quantitative estimate of drug-likeness (QED) is 0.909. The summed E-state index contributed by atoms with van der Waals surface area (Å²) in [7, 11) is 0. The van der Waals surface area contributed by atoms with Crippen molar-refractivity contribution in [2.24, 2.45) is 5.92 Å². The van der Waals surface area contributed by atoms with Crippen LogP contribution in [0.15, 0.2) is 18.2 Å². The third kappa shape index (κ3) is 4.64. The van der Waals surface area contributed by atoms with Gasteiger partial charge in [0, 0.05) is 42.3 Å². The molecule has 1 unspecified atom stereocenters. The van der Waals surface area contributed by atoms with Crippen LogP contribution in [0.25, 0.3) is 0 Å². The van der Waals surface area contributed by atoms with E-state index in [4.69, 9.17) is 23.2 Å². The molecular formula is C15H22Cl2N2. The molecule has 1 aliphatic rings. The minimum absolute atomic E-state index is 0.597. The minimum atomic E-state index is 0.597. The van der Waals surface area contributed by atoms with E-state index in [1.165, 1.54) is 6.42 Å². The summed E-state index contributed by atoms with van der Waals surface area (Å²) in [6.45, 7) is 8.69. The van der Waals surface area contributed by atoms with Gasteiger partial charge in [0.25, 0.3) is 0 Å². The average molecular weight is 301 g/mol. The second-order valence-electron chi connectivity index (χ2n) is 5.75. The zero-order valence-electron chi connectivity index (χ0n) is 11.6. The molecule has 0 aliphatic carbocycles. The van der Waals surface area contributed by atoms with E-state index in [0.29, 0.717) is 11.1 Å². The van der Waals surface area contributed by atoms with Crippen LogP contribution in [0, 0.1) is 5.92 Å². The van der Waals surface area contributed by atoms with Gasteiger partial charge in [-0.2, -0.15) is 0 Å². The summed E-state index contributed by atoms with van der Waals surface area (Å²) >= 11 is 12.2. The topological polar surface area (TPSA) is 15.3 Å². The van der Waals surface area contributed by atoms with E-state index in [-0.39, 0.29) is 0 Å². The van der Waals surface area contributed by atoms with Crippen LogP contribution < -0.4 is 5.32 Å². The molecule has 0 amide bonds. The van der Waals surface area contributed by atoms with Gasteiger partial charge in [-0.15, -0.1) is 0 Å². The molecule has 1 fully saturated rings. The van der Waals surface area contributed by atoms with Gasteiger partial charge in [0.15, 0.2) is 0 Å². The lowest BCUT2D eigenvalue weighted by molar-refractivity contribution is 0.180. The van der Waals surface area contributed by atoms with Crippen molar-refractivity contribution in [3.05, 3.63) is 33.8 Å². The number of hydrogen-bond acceptors (Lipinski definition) is 2. The highest BCUT2D eigenvalue weighted by molar-refractivity contribution is 6.35. The third-order valence-electron chi connectivity index (χ3n) is 3.50. The van der Waals surface area contributed by atoms with Crippen molar-refractivity contribution in [2.45, 2.75) is 32.9 Å². The van der Waals surface area contributed by atoms with Crippen LogP contribution in [0.1, 0.15) is 25.8 Å².